The summed E-state index contributed by atoms with van der Waals surface area (Å²) in [5.41, 5.74) is 2.18. The number of thioether (sulfide) groups is 1. The number of rotatable bonds is 5. The summed E-state index contributed by atoms with van der Waals surface area (Å²) in [4.78, 5) is 21.5. The van der Waals surface area contributed by atoms with Crippen molar-refractivity contribution < 1.29 is 4.79 Å². The lowest BCUT2D eigenvalue weighted by molar-refractivity contribution is -0.115. The molecular weight excluding hydrogens is 352 g/mol. The van der Waals surface area contributed by atoms with Gasteiger partial charge in [-0.25, -0.2) is 9.97 Å². The minimum atomic E-state index is -0.339. The Bertz CT molecular complexity index is 928. The zero-order valence-corrected chi connectivity index (χ0v) is 15.4. The van der Waals surface area contributed by atoms with Gasteiger partial charge in [-0.1, -0.05) is 42.2 Å². The first-order valence-corrected chi connectivity index (χ1v) is 9.51. The van der Waals surface area contributed by atoms with Gasteiger partial charge in [0.15, 0.2) is 5.13 Å². The van der Waals surface area contributed by atoms with Gasteiger partial charge in [0.05, 0.1) is 21.0 Å². The molecule has 1 atom stereocenters. The lowest BCUT2D eigenvalue weighted by atomic mass is 10.3. The maximum absolute atomic E-state index is 12.6. The number of nitrogens with one attached hydrogen (secondary N) is 1. The molecule has 3 rings (SSSR count). The van der Waals surface area contributed by atoms with E-state index in [4.69, 9.17) is 0 Å². The number of anilines is 1. The largest absolute Gasteiger partial charge is 0.301 e. The monoisotopic (exact) mass is 368 g/mol. The summed E-state index contributed by atoms with van der Waals surface area (Å²) in [5, 5.41) is 13.0. The molecular formula is C18H16N4OS2. The molecule has 126 valence electrons. The van der Waals surface area contributed by atoms with Crippen LogP contribution in [0.15, 0.2) is 41.4 Å². The Morgan fingerprint density at radius 2 is 2.12 bits per heavy atom. The van der Waals surface area contributed by atoms with Gasteiger partial charge in [-0.15, -0.1) is 0 Å². The summed E-state index contributed by atoms with van der Waals surface area (Å²) in [7, 11) is 0. The van der Waals surface area contributed by atoms with Crippen molar-refractivity contribution in [1.29, 1.82) is 5.26 Å². The van der Waals surface area contributed by atoms with Crippen molar-refractivity contribution in [2.24, 2.45) is 0 Å². The zero-order valence-electron chi connectivity index (χ0n) is 13.8. The van der Waals surface area contributed by atoms with Gasteiger partial charge in [0, 0.05) is 5.69 Å². The summed E-state index contributed by atoms with van der Waals surface area (Å²) >= 11 is 2.77. The number of benzene rings is 1. The number of fused-ring (bicyclic) bond motifs is 1. The standard InChI is InChI=1S/C18H16N4OS2/c1-3-14(24-17-12(10-19)9-8-11(2)20-17)16(23)22-18-21-13-6-4-5-7-15(13)25-18/h4-9,14H,3H2,1-2H3,(H,21,22,23). The van der Waals surface area contributed by atoms with Crippen LogP contribution in [0.5, 0.6) is 0 Å². The van der Waals surface area contributed by atoms with Crippen LogP contribution in [0.25, 0.3) is 10.2 Å². The number of carbonyl (C=O) groups excluding carboxylic acids is 1. The van der Waals surface area contributed by atoms with E-state index in [1.54, 1.807) is 12.1 Å². The fourth-order valence-corrected chi connectivity index (χ4v) is 4.18. The lowest BCUT2D eigenvalue weighted by Crippen LogP contribution is -2.24. The van der Waals surface area contributed by atoms with E-state index < -0.39 is 0 Å². The van der Waals surface area contributed by atoms with Crippen molar-refractivity contribution in [3.8, 4) is 6.07 Å². The van der Waals surface area contributed by atoms with E-state index >= 15 is 0 Å². The number of thiazole rings is 1. The highest BCUT2D eigenvalue weighted by Crippen LogP contribution is 2.30. The van der Waals surface area contributed by atoms with Crippen molar-refractivity contribution in [3.63, 3.8) is 0 Å². The smallest absolute Gasteiger partial charge is 0.239 e. The Labute approximate surface area is 154 Å². The normalized spacial score (nSPS) is 11.9. The average molecular weight is 368 g/mol. The van der Waals surface area contributed by atoms with Crippen LogP contribution in [-0.2, 0) is 4.79 Å². The summed E-state index contributed by atoms with van der Waals surface area (Å²) < 4.78 is 1.03. The molecule has 0 radical (unpaired) electrons. The number of hydrogen-bond donors (Lipinski definition) is 1. The summed E-state index contributed by atoms with van der Waals surface area (Å²) in [6, 6.07) is 13.4. The van der Waals surface area contributed by atoms with Gasteiger partial charge < -0.3 is 5.32 Å². The molecule has 0 aliphatic carbocycles. The minimum Gasteiger partial charge on any atom is -0.301 e. The van der Waals surface area contributed by atoms with Gasteiger partial charge in [-0.2, -0.15) is 5.26 Å². The maximum atomic E-state index is 12.6. The molecule has 25 heavy (non-hydrogen) atoms. The van der Waals surface area contributed by atoms with Gasteiger partial charge in [-0.3, -0.25) is 4.79 Å². The van der Waals surface area contributed by atoms with Crippen LogP contribution >= 0.6 is 23.1 Å². The molecule has 0 bridgehead atoms. The summed E-state index contributed by atoms with van der Waals surface area (Å²) in [5.74, 6) is -0.126. The van der Waals surface area contributed by atoms with Gasteiger partial charge in [0.1, 0.15) is 11.1 Å². The molecule has 0 aliphatic heterocycles. The minimum absolute atomic E-state index is 0.126. The molecule has 3 aromatic rings. The summed E-state index contributed by atoms with van der Waals surface area (Å²) in [6.45, 7) is 3.81. The molecule has 1 N–H and O–H groups in total. The first-order chi connectivity index (χ1) is 12.1. The topological polar surface area (TPSA) is 78.7 Å². The third-order valence-corrected chi connectivity index (χ3v) is 5.88. The Hall–Kier alpha value is -2.43. The third-order valence-electron chi connectivity index (χ3n) is 3.56. The van der Waals surface area contributed by atoms with Gasteiger partial charge in [-0.05, 0) is 37.6 Å². The number of carbonyl (C=O) groups is 1. The van der Waals surface area contributed by atoms with Crippen LogP contribution in [0.1, 0.15) is 24.6 Å². The van der Waals surface area contributed by atoms with Crippen LogP contribution in [0.2, 0.25) is 0 Å². The van der Waals surface area contributed by atoms with E-state index in [2.05, 4.69) is 21.4 Å². The number of aromatic nitrogens is 2. The Morgan fingerprint density at radius 3 is 2.84 bits per heavy atom. The quantitative estimate of drug-likeness (QED) is 0.676. The second-order valence-corrected chi connectivity index (χ2v) is 7.63. The van der Waals surface area contributed by atoms with E-state index in [1.165, 1.54) is 23.1 Å². The highest BCUT2D eigenvalue weighted by Gasteiger charge is 2.21. The first-order valence-electron chi connectivity index (χ1n) is 7.81. The van der Waals surface area contributed by atoms with Crippen LogP contribution in [0.3, 0.4) is 0 Å². The van der Waals surface area contributed by atoms with Crippen molar-refractivity contribution >= 4 is 44.4 Å². The molecule has 7 heteroatoms. The van der Waals surface area contributed by atoms with Gasteiger partial charge in [0.2, 0.25) is 5.91 Å². The molecule has 0 spiro atoms. The van der Waals surface area contributed by atoms with Gasteiger partial charge >= 0.3 is 0 Å². The second kappa shape index (κ2) is 7.64. The molecule has 1 aromatic carbocycles. The number of pyridine rings is 1. The number of nitrogens with zero attached hydrogens (tertiary/aromatic N) is 3. The maximum Gasteiger partial charge on any atom is 0.239 e. The van der Waals surface area contributed by atoms with E-state index in [0.717, 1.165) is 15.9 Å². The second-order valence-electron chi connectivity index (χ2n) is 5.41. The highest BCUT2D eigenvalue weighted by atomic mass is 32.2. The predicted octanol–water partition coefficient (Wildman–Crippen LogP) is 4.38. The number of nitriles is 1. The SMILES string of the molecule is CCC(Sc1nc(C)ccc1C#N)C(=O)Nc1nc2ccccc2s1. The molecule has 1 amide bonds. The number of aryl methyl sites for hydroxylation is 1. The Kier molecular flexibility index (Phi) is 5.31. The molecule has 2 heterocycles. The highest BCUT2D eigenvalue weighted by molar-refractivity contribution is 8.00. The van der Waals surface area contributed by atoms with Crippen molar-refractivity contribution in [2.75, 3.05) is 5.32 Å². The van der Waals surface area contributed by atoms with E-state index in [-0.39, 0.29) is 11.2 Å². The Balaban J connectivity index is 1.77. The molecule has 0 fully saturated rings. The van der Waals surface area contributed by atoms with Crippen LogP contribution < -0.4 is 5.32 Å². The lowest BCUT2D eigenvalue weighted by Gasteiger charge is -2.14. The summed E-state index contributed by atoms with van der Waals surface area (Å²) in [6.07, 6.45) is 0.627. The van der Waals surface area contributed by atoms with Crippen LogP contribution in [0.4, 0.5) is 5.13 Å². The molecule has 0 saturated carbocycles. The van der Waals surface area contributed by atoms with Crippen LogP contribution in [0, 0.1) is 18.3 Å². The molecule has 0 saturated heterocycles. The number of amides is 1. The molecule has 1 unspecified atom stereocenters. The fraction of sp³-hybridized carbons (Fsp3) is 0.222. The van der Waals surface area contributed by atoms with Crippen molar-refractivity contribution in [2.45, 2.75) is 30.5 Å². The number of hydrogen-bond acceptors (Lipinski definition) is 6. The van der Waals surface area contributed by atoms with E-state index in [1.807, 2.05) is 38.1 Å². The van der Waals surface area contributed by atoms with Crippen molar-refractivity contribution in [3.05, 3.63) is 47.7 Å². The average Bonchev–Trinajstić information content (AvgIpc) is 3.01. The molecule has 5 nitrogen and oxygen atoms in total. The number of para-hydroxylation sites is 1. The van der Waals surface area contributed by atoms with E-state index in [0.29, 0.717) is 22.1 Å². The Morgan fingerprint density at radius 1 is 1.32 bits per heavy atom. The zero-order chi connectivity index (χ0) is 17.8. The third kappa shape index (κ3) is 3.98. The van der Waals surface area contributed by atoms with E-state index in [9.17, 15) is 10.1 Å². The van der Waals surface area contributed by atoms with Gasteiger partial charge in [0.25, 0.3) is 0 Å². The fourth-order valence-electron chi connectivity index (χ4n) is 2.28. The van der Waals surface area contributed by atoms with Crippen molar-refractivity contribution in [1.82, 2.24) is 9.97 Å². The molecule has 0 aliphatic rings. The molecule has 2 aromatic heterocycles. The van der Waals surface area contributed by atoms with Crippen LogP contribution in [-0.4, -0.2) is 21.1 Å². The first kappa shape index (κ1) is 17.4. The predicted molar refractivity (Wildman–Crippen MR) is 102 cm³/mol.